The number of nitrogens with zero attached hydrogens (tertiary/aromatic N) is 4. The number of piperazine rings is 1. The summed E-state index contributed by atoms with van der Waals surface area (Å²) >= 11 is 5.75. The van der Waals surface area contributed by atoms with Crippen molar-refractivity contribution < 1.29 is 0 Å². The number of anilines is 2. The molecule has 1 atom stereocenters. The quantitative estimate of drug-likeness (QED) is 0.573. The molecule has 33 heavy (non-hydrogen) atoms. The largest absolute Gasteiger partial charge is 0.365 e. The SMILES string of the molecule is Cc1cccc(N2CCN(C(=S)Nc3ccc4nc5n(c(=O)c4c3)CCCCC5)C[C@H]2C)c1. The summed E-state index contributed by atoms with van der Waals surface area (Å²) in [6.45, 7) is 7.76. The summed E-state index contributed by atoms with van der Waals surface area (Å²) in [5.41, 5.74) is 4.21. The lowest BCUT2D eigenvalue weighted by Crippen LogP contribution is -2.54. The van der Waals surface area contributed by atoms with Crippen molar-refractivity contribution in [3.05, 3.63) is 64.2 Å². The maximum absolute atomic E-state index is 13.1. The van der Waals surface area contributed by atoms with Crippen molar-refractivity contribution in [2.45, 2.75) is 52.1 Å². The average molecular weight is 462 g/mol. The normalized spacial score (nSPS) is 18.7. The van der Waals surface area contributed by atoms with Crippen LogP contribution >= 0.6 is 12.2 Å². The van der Waals surface area contributed by atoms with Crippen molar-refractivity contribution in [2.75, 3.05) is 29.9 Å². The smallest absolute Gasteiger partial charge is 0.261 e. The molecule has 2 aliphatic rings. The zero-order valence-corrected chi connectivity index (χ0v) is 20.2. The fourth-order valence-electron chi connectivity index (χ4n) is 5.03. The van der Waals surface area contributed by atoms with Crippen LogP contribution in [0.2, 0.25) is 0 Å². The highest BCUT2D eigenvalue weighted by atomic mass is 32.1. The number of hydrogen-bond donors (Lipinski definition) is 1. The maximum atomic E-state index is 13.1. The second kappa shape index (κ2) is 9.14. The van der Waals surface area contributed by atoms with Crippen LogP contribution in [0.4, 0.5) is 11.4 Å². The molecule has 7 heteroatoms. The molecule has 1 fully saturated rings. The van der Waals surface area contributed by atoms with E-state index >= 15 is 0 Å². The zero-order valence-electron chi connectivity index (χ0n) is 19.4. The fraction of sp³-hybridized carbons (Fsp3) is 0.423. The Morgan fingerprint density at radius 2 is 1.97 bits per heavy atom. The summed E-state index contributed by atoms with van der Waals surface area (Å²) in [7, 11) is 0. The third-order valence-electron chi connectivity index (χ3n) is 6.81. The van der Waals surface area contributed by atoms with Crippen molar-refractivity contribution in [3.8, 4) is 0 Å². The molecule has 3 heterocycles. The van der Waals surface area contributed by atoms with Gasteiger partial charge in [-0.05, 0) is 74.8 Å². The maximum Gasteiger partial charge on any atom is 0.261 e. The first-order chi connectivity index (χ1) is 16.0. The molecule has 0 unspecified atom stereocenters. The summed E-state index contributed by atoms with van der Waals surface area (Å²) in [6, 6.07) is 14.8. The van der Waals surface area contributed by atoms with Crippen molar-refractivity contribution >= 4 is 39.6 Å². The van der Waals surface area contributed by atoms with Crippen LogP contribution in [-0.4, -0.2) is 45.2 Å². The second-order valence-corrected chi connectivity index (χ2v) is 9.67. The Bertz CT molecular complexity index is 1250. The molecule has 0 amide bonds. The summed E-state index contributed by atoms with van der Waals surface area (Å²) in [6.07, 6.45) is 4.16. The summed E-state index contributed by atoms with van der Waals surface area (Å²) < 4.78 is 1.86. The molecule has 0 radical (unpaired) electrons. The minimum Gasteiger partial charge on any atom is -0.365 e. The molecule has 0 aliphatic carbocycles. The molecular formula is C26H31N5OS. The molecule has 5 rings (SSSR count). The molecule has 0 saturated carbocycles. The Morgan fingerprint density at radius 3 is 2.79 bits per heavy atom. The third kappa shape index (κ3) is 4.47. The topological polar surface area (TPSA) is 53.4 Å². The lowest BCUT2D eigenvalue weighted by molar-refractivity contribution is 0.342. The second-order valence-electron chi connectivity index (χ2n) is 9.28. The van der Waals surface area contributed by atoms with E-state index in [0.717, 1.165) is 68.9 Å². The lowest BCUT2D eigenvalue weighted by atomic mass is 10.1. The first-order valence-corrected chi connectivity index (χ1v) is 12.3. The monoisotopic (exact) mass is 461 g/mol. The van der Waals surface area contributed by atoms with Crippen LogP contribution in [0.5, 0.6) is 0 Å². The average Bonchev–Trinajstić information content (AvgIpc) is 3.05. The van der Waals surface area contributed by atoms with Crippen molar-refractivity contribution in [1.82, 2.24) is 14.5 Å². The highest BCUT2D eigenvalue weighted by Crippen LogP contribution is 2.23. The highest BCUT2D eigenvalue weighted by molar-refractivity contribution is 7.80. The minimum absolute atomic E-state index is 0.0619. The van der Waals surface area contributed by atoms with E-state index < -0.39 is 0 Å². The Kier molecular flexibility index (Phi) is 6.06. The molecule has 172 valence electrons. The molecule has 1 N–H and O–H groups in total. The third-order valence-corrected chi connectivity index (χ3v) is 7.17. The van der Waals surface area contributed by atoms with E-state index in [1.807, 2.05) is 22.8 Å². The van der Waals surface area contributed by atoms with Gasteiger partial charge in [-0.15, -0.1) is 0 Å². The number of thiocarbonyl (C=S) groups is 1. The Hall–Kier alpha value is -2.93. The van der Waals surface area contributed by atoms with Crippen LogP contribution < -0.4 is 15.8 Å². The van der Waals surface area contributed by atoms with Crippen molar-refractivity contribution in [2.24, 2.45) is 0 Å². The highest BCUT2D eigenvalue weighted by Gasteiger charge is 2.25. The van der Waals surface area contributed by atoms with Gasteiger partial charge in [0, 0.05) is 50.0 Å². The molecule has 3 aromatic rings. The van der Waals surface area contributed by atoms with Gasteiger partial charge in [-0.2, -0.15) is 0 Å². The number of hydrogen-bond acceptors (Lipinski definition) is 4. The summed E-state index contributed by atoms with van der Waals surface area (Å²) in [4.78, 5) is 22.6. The number of rotatable bonds is 2. The Labute approximate surface area is 200 Å². The van der Waals surface area contributed by atoms with Gasteiger partial charge in [-0.3, -0.25) is 9.36 Å². The minimum atomic E-state index is 0.0619. The van der Waals surface area contributed by atoms with Crippen molar-refractivity contribution in [3.63, 3.8) is 0 Å². The van der Waals surface area contributed by atoms with E-state index in [-0.39, 0.29) is 5.56 Å². The molecule has 0 bridgehead atoms. The van der Waals surface area contributed by atoms with Gasteiger partial charge in [0.25, 0.3) is 5.56 Å². The number of benzene rings is 2. The van der Waals surface area contributed by atoms with Crippen LogP contribution in [0.25, 0.3) is 10.9 Å². The molecule has 6 nitrogen and oxygen atoms in total. The van der Waals surface area contributed by atoms with Gasteiger partial charge in [0.15, 0.2) is 5.11 Å². The van der Waals surface area contributed by atoms with Gasteiger partial charge in [0.05, 0.1) is 10.9 Å². The van der Waals surface area contributed by atoms with E-state index in [2.05, 4.69) is 53.2 Å². The van der Waals surface area contributed by atoms with Gasteiger partial charge in [-0.25, -0.2) is 4.98 Å². The van der Waals surface area contributed by atoms with Gasteiger partial charge < -0.3 is 15.1 Å². The first kappa shape index (κ1) is 21.9. The van der Waals surface area contributed by atoms with Crippen molar-refractivity contribution in [1.29, 1.82) is 0 Å². The fourth-order valence-corrected chi connectivity index (χ4v) is 5.31. The molecule has 2 aromatic carbocycles. The zero-order chi connectivity index (χ0) is 22.9. The summed E-state index contributed by atoms with van der Waals surface area (Å²) in [5, 5.41) is 4.73. The standard InChI is InChI=1S/C26H31N5OS/c1-18-7-6-8-21(15-18)30-14-13-29(17-19(30)2)26(33)27-20-10-11-23-22(16-20)25(32)31-12-5-3-4-9-24(31)28-23/h6-8,10-11,15-16,19H,3-5,9,12-14,17H2,1-2H3,(H,27,33)/t19-/m1/s1. The molecule has 1 aromatic heterocycles. The summed E-state index contributed by atoms with van der Waals surface area (Å²) in [5.74, 6) is 0.918. The Morgan fingerprint density at radius 1 is 1.09 bits per heavy atom. The lowest BCUT2D eigenvalue weighted by Gasteiger charge is -2.42. The van der Waals surface area contributed by atoms with Crippen LogP contribution in [0.3, 0.4) is 0 Å². The van der Waals surface area contributed by atoms with Gasteiger partial charge in [0.2, 0.25) is 0 Å². The van der Waals surface area contributed by atoms with Gasteiger partial charge in [0.1, 0.15) is 5.82 Å². The number of nitrogens with one attached hydrogen (secondary N) is 1. The molecular weight excluding hydrogens is 430 g/mol. The van der Waals surface area contributed by atoms with Crippen LogP contribution in [0.1, 0.15) is 37.6 Å². The Balaban J connectivity index is 1.31. The van der Waals surface area contributed by atoms with E-state index in [1.165, 1.54) is 11.3 Å². The van der Waals surface area contributed by atoms with Crippen LogP contribution in [-0.2, 0) is 13.0 Å². The van der Waals surface area contributed by atoms with Gasteiger partial charge >= 0.3 is 0 Å². The first-order valence-electron chi connectivity index (χ1n) is 11.9. The number of fused-ring (bicyclic) bond motifs is 2. The van der Waals surface area contributed by atoms with E-state index in [0.29, 0.717) is 16.5 Å². The predicted octanol–water partition coefficient (Wildman–Crippen LogP) is 4.34. The van der Waals surface area contributed by atoms with E-state index in [4.69, 9.17) is 17.2 Å². The molecule has 2 aliphatic heterocycles. The van der Waals surface area contributed by atoms with E-state index in [9.17, 15) is 4.79 Å². The van der Waals surface area contributed by atoms with E-state index in [1.54, 1.807) is 0 Å². The van der Waals surface area contributed by atoms with Crippen LogP contribution in [0, 0.1) is 6.92 Å². The predicted molar refractivity (Wildman–Crippen MR) is 139 cm³/mol. The van der Waals surface area contributed by atoms with Gasteiger partial charge in [-0.1, -0.05) is 18.6 Å². The molecule has 0 spiro atoms. The number of aromatic nitrogens is 2. The van der Waals surface area contributed by atoms with Crippen LogP contribution in [0.15, 0.2) is 47.3 Å². The molecule has 1 saturated heterocycles. The number of aryl methyl sites for hydroxylation is 2.